The summed E-state index contributed by atoms with van der Waals surface area (Å²) >= 11 is 0. The van der Waals surface area contributed by atoms with Gasteiger partial charge in [0.25, 0.3) is 5.92 Å². The molecule has 1 aliphatic rings. The number of halogens is 2. The lowest BCUT2D eigenvalue weighted by atomic mass is 10.00. The number of rotatable bonds is 6. The third-order valence-electron chi connectivity index (χ3n) is 9.09. The molecule has 0 N–H and O–H groups in total. The Bertz CT molecular complexity index is 2250. The molecule has 0 radical (unpaired) electrons. The Balaban J connectivity index is 1.14. The summed E-state index contributed by atoms with van der Waals surface area (Å²) in [7, 11) is 0. The van der Waals surface area contributed by atoms with E-state index in [2.05, 4.69) is 0 Å². The number of alkyl halides is 2. The fraction of sp³-hybridized carbons (Fsp3) is 0.0227. The fourth-order valence-electron chi connectivity index (χ4n) is 6.53. The molecule has 0 amide bonds. The molecule has 7 heteroatoms. The smallest absolute Gasteiger partial charge is 0.228 e. The third-order valence-corrected chi connectivity index (χ3v) is 9.09. The van der Waals surface area contributed by atoms with Crippen molar-refractivity contribution < 1.29 is 8.78 Å². The minimum atomic E-state index is -3.27. The first-order valence-electron chi connectivity index (χ1n) is 16.6. The molecule has 0 saturated carbocycles. The molecular weight excluding hydrogens is 637 g/mol. The topological polar surface area (TPSA) is 64.5 Å². The molecule has 242 valence electrons. The van der Waals surface area contributed by atoms with Crippen molar-refractivity contribution in [2.75, 3.05) is 0 Å². The molecule has 9 rings (SSSR count). The summed E-state index contributed by atoms with van der Waals surface area (Å²) < 4.78 is 33.2. The summed E-state index contributed by atoms with van der Waals surface area (Å²) in [5, 5.41) is 0. The Hall–Kier alpha value is -6.73. The molecule has 2 aromatic heterocycles. The van der Waals surface area contributed by atoms with Gasteiger partial charge >= 0.3 is 0 Å². The van der Waals surface area contributed by atoms with Crippen molar-refractivity contribution in [1.82, 2.24) is 24.9 Å². The maximum Gasteiger partial charge on any atom is 0.299 e. The van der Waals surface area contributed by atoms with E-state index in [1.807, 2.05) is 133 Å². The Morgan fingerprint density at radius 1 is 0.314 bits per heavy atom. The van der Waals surface area contributed by atoms with Gasteiger partial charge in [-0.15, -0.1) is 0 Å². The van der Waals surface area contributed by atoms with Crippen molar-refractivity contribution in [3.63, 3.8) is 0 Å². The van der Waals surface area contributed by atoms with E-state index >= 15 is 8.78 Å². The average Bonchev–Trinajstić information content (AvgIpc) is 3.43. The summed E-state index contributed by atoms with van der Waals surface area (Å²) in [6, 6.07) is 50.7. The van der Waals surface area contributed by atoms with Crippen molar-refractivity contribution >= 4 is 0 Å². The highest BCUT2D eigenvalue weighted by Crippen LogP contribution is 2.52. The molecule has 8 aromatic rings. The number of hydrogen-bond acceptors (Lipinski definition) is 5. The van der Waals surface area contributed by atoms with Crippen LogP contribution in [0.2, 0.25) is 0 Å². The molecule has 0 spiro atoms. The van der Waals surface area contributed by atoms with Gasteiger partial charge in [-0.05, 0) is 29.3 Å². The van der Waals surface area contributed by atoms with E-state index in [0.717, 1.165) is 22.3 Å². The van der Waals surface area contributed by atoms with E-state index in [9.17, 15) is 0 Å². The van der Waals surface area contributed by atoms with Crippen LogP contribution < -0.4 is 0 Å². The zero-order valence-corrected chi connectivity index (χ0v) is 27.1. The lowest BCUT2D eigenvalue weighted by Gasteiger charge is -2.15. The van der Waals surface area contributed by atoms with E-state index in [1.165, 1.54) is 6.07 Å². The van der Waals surface area contributed by atoms with Gasteiger partial charge in [0.15, 0.2) is 23.3 Å². The van der Waals surface area contributed by atoms with Crippen LogP contribution in [-0.4, -0.2) is 24.9 Å². The van der Waals surface area contributed by atoms with E-state index in [-0.39, 0.29) is 11.1 Å². The number of nitrogens with zero attached hydrogens (tertiary/aromatic N) is 5. The van der Waals surface area contributed by atoms with Gasteiger partial charge in [0.05, 0.1) is 11.4 Å². The summed E-state index contributed by atoms with van der Waals surface area (Å²) in [5.74, 6) is -1.50. The maximum atomic E-state index is 16.6. The second kappa shape index (κ2) is 12.3. The average molecular weight is 664 g/mol. The molecular formula is C44H27F2N5. The first-order valence-corrected chi connectivity index (χ1v) is 16.6. The van der Waals surface area contributed by atoms with Gasteiger partial charge in [0, 0.05) is 44.5 Å². The van der Waals surface area contributed by atoms with E-state index in [1.54, 1.807) is 24.3 Å². The van der Waals surface area contributed by atoms with Crippen LogP contribution in [0.4, 0.5) is 8.78 Å². The quantitative estimate of drug-likeness (QED) is 0.177. The first-order chi connectivity index (χ1) is 25.0. The van der Waals surface area contributed by atoms with Gasteiger partial charge < -0.3 is 0 Å². The normalized spacial score (nSPS) is 12.7. The molecule has 0 aliphatic heterocycles. The molecule has 0 unspecified atom stereocenters. The summed E-state index contributed by atoms with van der Waals surface area (Å²) in [4.78, 5) is 24.0. The molecule has 0 atom stereocenters. The van der Waals surface area contributed by atoms with Crippen LogP contribution in [0.25, 0.3) is 79.2 Å². The van der Waals surface area contributed by atoms with Crippen molar-refractivity contribution in [2.45, 2.75) is 5.92 Å². The zero-order chi connectivity index (χ0) is 34.4. The number of benzene rings is 6. The summed E-state index contributed by atoms with van der Waals surface area (Å²) in [6.45, 7) is 0. The molecule has 5 nitrogen and oxygen atoms in total. The third kappa shape index (κ3) is 5.55. The Morgan fingerprint density at radius 2 is 0.667 bits per heavy atom. The predicted octanol–water partition coefficient (Wildman–Crippen LogP) is 10.8. The van der Waals surface area contributed by atoms with Gasteiger partial charge in [-0.1, -0.05) is 146 Å². The second-order valence-corrected chi connectivity index (χ2v) is 12.3. The SMILES string of the molecule is FC1(F)c2cc(-c3cc(-c4ccccc4)nc(-c4ccccc4)n3)ccc2-c2ccc(-c3nc(-c4ccccc4)nc(-c4ccccc4)n3)cc21. The largest absolute Gasteiger partial charge is 0.299 e. The van der Waals surface area contributed by atoms with Crippen molar-refractivity contribution in [2.24, 2.45) is 0 Å². The van der Waals surface area contributed by atoms with Gasteiger partial charge in [-0.25, -0.2) is 24.9 Å². The van der Waals surface area contributed by atoms with Gasteiger partial charge in [-0.3, -0.25) is 0 Å². The number of hydrogen-bond donors (Lipinski definition) is 0. The van der Waals surface area contributed by atoms with Crippen LogP contribution in [0, 0.1) is 0 Å². The molecule has 6 aromatic carbocycles. The highest BCUT2D eigenvalue weighted by Gasteiger charge is 2.45. The zero-order valence-electron chi connectivity index (χ0n) is 27.1. The molecule has 2 heterocycles. The minimum absolute atomic E-state index is 0.0705. The minimum Gasteiger partial charge on any atom is -0.228 e. The highest BCUT2D eigenvalue weighted by atomic mass is 19.3. The van der Waals surface area contributed by atoms with Gasteiger partial charge in [-0.2, -0.15) is 8.78 Å². The lowest BCUT2D eigenvalue weighted by Crippen LogP contribution is -2.11. The standard InChI is InChI=1S/C44H27F2N5/c45-44(46)36-25-32(39-27-38(28-13-5-1-6-14-28)47-40(48-39)29-15-7-2-8-16-29)21-23-34(36)35-24-22-33(26-37(35)44)43-50-41(30-17-9-3-10-18-30)49-42(51-43)31-19-11-4-12-20-31/h1-27H. The second-order valence-electron chi connectivity index (χ2n) is 12.3. The number of fused-ring (bicyclic) bond motifs is 3. The van der Waals surface area contributed by atoms with Crippen LogP contribution in [0.1, 0.15) is 11.1 Å². The monoisotopic (exact) mass is 663 g/mol. The fourth-order valence-corrected chi connectivity index (χ4v) is 6.53. The Morgan fingerprint density at radius 3 is 1.14 bits per heavy atom. The summed E-state index contributed by atoms with van der Waals surface area (Å²) in [5.41, 5.74) is 6.49. The van der Waals surface area contributed by atoms with Crippen molar-refractivity contribution in [3.05, 3.63) is 175 Å². The van der Waals surface area contributed by atoms with Crippen LogP contribution in [0.15, 0.2) is 164 Å². The Labute approximate surface area is 293 Å². The highest BCUT2D eigenvalue weighted by molar-refractivity contribution is 5.85. The predicted molar refractivity (Wildman–Crippen MR) is 196 cm³/mol. The van der Waals surface area contributed by atoms with Gasteiger partial charge in [0.2, 0.25) is 0 Å². The maximum absolute atomic E-state index is 16.6. The van der Waals surface area contributed by atoms with E-state index in [0.29, 0.717) is 56.9 Å². The van der Waals surface area contributed by atoms with Crippen LogP contribution in [0.5, 0.6) is 0 Å². The summed E-state index contributed by atoms with van der Waals surface area (Å²) in [6.07, 6.45) is 0. The van der Waals surface area contributed by atoms with Crippen LogP contribution in [0.3, 0.4) is 0 Å². The van der Waals surface area contributed by atoms with Crippen LogP contribution in [-0.2, 0) is 5.92 Å². The lowest BCUT2D eigenvalue weighted by molar-refractivity contribution is 0.0481. The Kier molecular flexibility index (Phi) is 7.32. The van der Waals surface area contributed by atoms with Crippen LogP contribution >= 0.6 is 0 Å². The molecule has 0 saturated heterocycles. The van der Waals surface area contributed by atoms with E-state index in [4.69, 9.17) is 24.9 Å². The molecule has 51 heavy (non-hydrogen) atoms. The van der Waals surface area contributed by atoms with Crippen molar-refractivity contribution in [1.29, 1.82) is 0 Å². The first kappa shape index (κ1) is 30.3. The molecule has 0 fully saturated rings. The molecule has 1 aliphatic carbocycles. The van der Waals surface area contributed by atoms with Crippen molar-refractivity contribution in [3.8, 4) is 79.2 Å². The number of aromatic nitrogens is 5. The van der Waals surface area contributed by atoms with E-state index < -0.39 is 5.92 Å². The van der Waals surface area contributed by atoms with Gasteiger partial charge in [0.1, 0.15) is 0 Å². The molecule has 0 bridgehead atoms.